The number of halogens is 1. The lowest BCUT2D eigenvalue weighted by atomic mass is 10.5. The van der Waals surface area contributed by atoms with Gasteiger partial charge in [-0.15, -0.1) is 6.42 Å². The predicted octanol–water partition coefficient (Wildman–Crippen LogP) is -2.65. The van der Waals surface area contributed by atoms with Crippen molar-refractivity contribution in [2.24, 2.45) is 0 Å². The Kier molecular flexibility index (Phi) is 8.20. The van der Waals surface area contributed by atoms with Crippen molar-refractivity contribution >= 4 is 0 Å². The summed E-state index contributed by atoms with van der Waals surface area (Å²) in [7, 11) is 6.37. The molecule has 0 unspecified atom stereocenters. The van der Waals surface area contributed by atoms with Gasteiger partial charge in [-0.2, -0.15) is 0 Å². The Morgan fingerprint density at radius 1 is 1.36 bits per heavy atom. The smallest absolute Gasteiger partial charge is 0.107 e. The van der Waals surface area contributed by atoms with Gasteiger partial charge < -0.3 is 26.2 Å². The predicted molar refractivity (Wildman–Crippen MR) is 42.6 cm³/mol. The first-order chi connectivity index (χ1) is 4.56. The molecule has 0 bridgehead atoms. The SMILES string of the molecule is C#CCOCC[N+](C)(C)C.[Br-]. The number of likely N-dealkylation sites (N-methyl/N-ethyl adjacent to an activating group) is 1. The number of quaternary nitrogens is 1. The molecular formula is C8H16BrNO. The maximum absolute atomic E-state index is 5.11. The van der Waals surface area contributed by atoms with E-state index >= 15 is 0 Å². The quantitative estimate of drug-likeness (QED) is 0.287. The molecule has 0 aliphatic carbocycles. The third kappa shape index (κ3) is 13.0. The summed E-state index contributed by atoms with van der Waals surface area (Å²) >= 11 is 0. The second-order valence-electron chi connectivity index (χ2n) is 3.27. The highest BCUT2D eigenvalue weighted by Crippen LogP contribution is 1.88. The van der Waals surface area contributed by atoms with E-state index in [1.807, 2.05) is 0 Å². The van der Waals surface area contributed by atoms with Crippen molar-refractivity contribution in [1.29, 1.82) is 0 Å². The monoisotopic (exact) mass is 221 g/mol. The van der Waals surface area contributed by atoms with Crippen LogP contribution in [0.15, 0.2) is 0 Å². The van der Waals surface area contributed by atoms with Crippen molar-refractivity contribution in [3.8, 4) is 12.3 Å². The van der Waals surface area contributed by atoms with E-state index in [1.54, 1.807) is 0 Å². The molecule has 2 nitrogen and oxygen atoms in total. The molecule has 0 atom stereocenters. The lowest BCUT2D eigenvalue weighted by molar-refractivity contribution is -0.870. The van der Waals surface area contributed by atoms with Crippen LogP contribution in [0, 0.1) is 12.3 Å². The minimum atomic E-state index is 0. The van der Waals surface area contributed by atoms with Crippen LogP contribution in [0.2, 0.25) is 0 Å². The third-order valence-electron chi connectivity index (χ3n) is 1.09. The number of terminal acetylenes is 1. The van der Waals surface area contributed by atoms with Crippen molar-refractivity contribution in [2.45, 2.75) is 0 Å². The summed E-state index contributed by atoms with van der Waals surface area (Å²) in [6.45, 7) is 2.18. The van der Waals surface area contributed by atoms with E-state index in [-0.39, 0.29) is 17.0 Å². The van der Waals surface area contributed by atoms with Crippen LogP contribution in [-0.2, 0) is 4.74 Å². The first kappa shape index (κ1) is 13.5. The highest BCUT2D eigenvalue weighted by Gasteiger charge is 2.04. The summed E-state index contributed by atoms with van der Waals surface area (Å²) in [5.74, 6) is 2.42. The molecule has 0 spiro atoms. The van der Waals surface area contributed by atoms with Gasteiger partial charge in [-0.05, 0) is 0 Å². The molecule has 0 N–H and O–H groups in total. The normalized spacial score (nSPS) is 10.0. The topological polar surface area (TPSA) is 9.23 Å². The lowest BCUT2D eigenvalue weighted by Crippen LogP contribution is -3.00. The van der Waals surface area contributed by atoms with Crippen molar-refractivity contribution < 1.29 is 26.2 Å². The molecule has 0 aliphatic rings. The van der Waals surface area contributed by atoms with Crippen LogP contribution in [-0.4, -0.2) is 45.4 Å². The van der Waals surface area contributed by atoms with Gasteiger partial charge in [0.25, 0.3) is 0 Å². The Labute approximate surface area is 79.9 Å². The van der Waals surface area contributed by atoms with Crippen LogP contribution < -0.4 is 17.0 Å². The molecule has 0 saturated carbocycles. The van der Waals surface area contributed by atoms with E-state index < -0.39 is 0 Å². The molecule has 0 amide bonds. The molecule has 11 heavy (non-hydrogen) atoms. The van der Waals surface area contributed by atoms with Gasteiger partial charge in [0.2, 0.25) is 0 Å². The highest BCUT2D eigenvalue weighted by molar-refractivity contribution is 4.82. The summed E-state index contributed by atoms with van der Waals surface area (Å²) in [6.07, 6.45) is 5.00. The molecule has 3 heteroatoms. The highest BCUT2D eigenvalue weighted by atomic mass is 79.9. The molecule has 0 aromatic carbocycles. The molecule has 0 radical (unpaired) electrons. The lowest BCUT2D eigenvalue weighted by Gasteiger charge is -2.23. The maximum Gasteiger partial charge on any atom is 0.107 e. The van der Waals surface area contributed by atoms with E-state index in [4.69, 9.17) is 11.2 Å². The molecule has 0 saturated heterocycles. The van der Waals surface area contributed by atoms with E-state index in [0.29, 0.717) is 6.61 Å². The Balaban J connectivity index is 0. The second-order valence-corrected chi connectivity index (χ2v) is 3.27. The largest absolute Gasteiger partial charge is 1.00 e. The zero-order chi connectivity index (χ0) is 8.04. The standard InChI is InChI=1S/C8H16NO.BrH/c1-5-7-10-8-6-9(2,3)4;/h1H,6-8H2,2-4H3;1H/q+1;/p-1. The van der Waals surface area contributed by atoms with Crippen LogP contribution >= 0.6 is 0 Å². The first-order valence-electron chi connectivity index (χ1n) is 3.38. The summed E-state index contributed by atoms with van der Waals surface area (Å²) in [6, 6.07) is 0. The summed E-state index contributed by atoms with van der Waals surface area (Å²) < 4.78 is 6.03. The first-order valence-corrected chi connectivity index (χ1v) is 3.38. The fourth-order valence-electron chi connectivity index (χ4n) is 0.470. The van der Waals surface area contributed by atoms with Crippen LogP contribution in [0.1, 0.15) is 0 Å². The molecular weight excluding hydrogens is 206 g/mol. The van der Waals surface area contributed by atoms with E-state index in [2.05, 4.69) is 27.1 Å². The van der Waals surface area contributed by atoms with Gasteiger partial charge in [0, 0.05) is 0 Å². The molecule has 0 aromatic rings. The van der Waals surface area contributed by atoms with E-state index in [9.17, 15) is 0 Å². The molecule has 0 heterocycles. The summed E-state index contributed by atoms with van der Waals surface area (Å²) in [5.41, 5.74) is 0. The summed E-state index contributed by atoms with van der Waals surface area (Å²) in [5, 5.41) is 0. The average molecular weight is 222 g/mol. The number of hydrogen-bond acceptors (Lipinski definition) is 1. The van der Waals surface area contributed by atoms with Gasteiger partial charge >= 0.3 is 0 Å². The van der Waals surface area contributed by atoms with Gasteiger partial charge in [0.05, 0.1) is 27.7 Å². The van der Waals surface area contributed by atoms with Crippen LogP contribution in [0.4, 0.5) is 0 Å². The molecule has 0 aliphatic heterocycles. The van der Waals surface area contributed by atoms with Crippen LogP contribution in [0.25, 0.3) is 0 Å². The minimum absolute atomic E-state index is 0. The number of hydrogen-bond donors (Lipinski definition) is 0. The number of nitrogens with zero attached hydrogens (tertiary/aromatic N) is 1. The van der Waals surface area contributed by atoms with Gasteiger partial charge in [-0.3, -0.25) is 0 Å². The third-order valence-corrected chi connectivity index (χ3v) is 1.09. The zero-order valence-electron chi connectivity index (χ0n) is 7.43. The Hall–Kier alpha value is -0.0400. The molecule has 66 valence electrons. The van der Waals surface area contributed by atoms with Gasteiger partial charge in [0.1, 0.15) is 13.2 Å². The van der Waals surface area contributed by atoms with Gasteiger partial charge in [-0.1, -0.05) is 5.92 Å². The van der Waals surface area contributed by atoms with Crippen molar-refractivity contribution in [3.05, 3.63) is 0 Å². The fourth-order valence-corrected chi connectivity index (χ4v) is 0.470. The fraction of sp³-hybridized carbons (Fsp3) is 0.750. The zero-order valence-corrected chi connectivity index (χ0v) is 9.02. The summed E-state index contributed by atoms with van der Waals surface area (Å²) in [4.78, 5) is 0. The molecule has 0 rings (SSSR count). The average Bonchev–Trinajstić information content (AvgIpc) is 1.78. The van der Waals surface area contributed by atoms with E-state index in [1.165, 1.54) is 0 Å². The molecule has 0 fully saturated rings. The Morgan fingerprint density at radius 2 is 1.91 bits per heavy atom. The van der Waals surface area contributed by atoms with E-state index in [0.717, 1.165) is 17.6 Å². The Bertz CT molecular complexity index is 123. The number of ether oxygens (including phenoxy) is 1. The second kappa shape index (κ2) is 6.66. The van der Waals surface area contributed by atoms with Gasteiger partial charge in [0.15, 0.2) is 0 Å². The van der Waals surface area contributed by atoms with Crippen LogP contribution in [0.5, 0.6) is 0 Å². The van der Waals surface area contributed by atoms with Crippen LogP contribution in [0.3, 0.4) is 0 Å². The molecule has 0 aromatic heterocycles. The maximum atomic E-state index is 5.11. The van der Waals surface area contributed by atoms with Gasteiger partial charge in [-0.25, -0.2) is 0 Å². The number of rotatable bonds is 4. The Morgan fingerprint density at radius 3 is 2.27 bits per heavy atom. The van der Waals surface area contributed by atoms with Crippen molar-refractivity contribution in [2.75, 3.05) is 40.9 Å². The van der Waals surface area contributed by atoms with Crippen molar-refractivity contribution in [3.63, 3.8) is 0 Å². The minimum Gasteiger partial charge on any atom is -1.00 e. The van der Waals surface area contributed by atoms with Crippen molar-refractivity contribution in [1.82, 2.24) is 0 Å².